The molecule has 0 amide bonds. The molecular weight excluding hydrogens is 380 g/mol. The minimum Gasteiger partial charge on any atom is -0.478 e. The van der Waals surface area contributed by atoms with E-state index in [1.165, 1.54) is 0 Å². The zero-order chi connectivity index (χ0) is 17.8. The van der Waals surface area contributed by atoms with E-state index in [0.717, 1.165) is 22.4 Å². The molecule has 0 atom stereocenters. The summed E-state index contributed by atoms with van der Waals surface area (Å²) in [5, 5.41) is 9.38. The normalized spacial score (nSPS) is 11.1. The van der Waals surface area contributed by atoms with Crippen LogP contribution in [0.5, 0.6) is 0 Å². The Kier molecular flexibility index (Phi) is 5.14. The fourth-order valence-corrected chi connectivity index (χ4v) is 2.85. The van der Waals surface area contributed by atoms with Crippen molar-refractivity contribution in [2.45, 2.75) is 13.5 Å². The lowest BCUT2D eigenvalue weighted by Crippen LogP contribution is -1.99. The number of halogens is 1. The third-order valence-electron chi connectivity index (χ3n) is 3.88. The zero-order valence-corrected chi connectivity index (χ0v) is 15.3. The molecule has 1 heterocycles. The van der Waals surface area contributed by atoms with Crippen LogP contribution in [0.1, 0.15) is 28.7 Å². The van der Waals surface area contributed by atoms with Gasteiger partial charge in [0.25, 0.3) is 0 Å². The van der Waals surface area contributed by atoms with Crippen LogP contribution in [0, 0.1) is 0 Å². The lowest BCUT2D eigenvalue weighted by Gasteiger charge is -2.01. The number of hydrogen-bond donors (Lipinski definition) is 1. The van der Waals surface area contributed by atoms with Crippen molar-refractivity contribution in [1.82, 2.24) is 9.55 Å². The molecule has 0 aliphatic heterocycles. The van der Waals surface area contributed by atoms with Crippen LogP contribution < -0.4 is 0 Å². The van der Waals surface area contributed by atoms with Gasteiger partial charge in [0.1, 0.15) is 5.82 Å². The molecule has 3 aromatic rings. The molecule has 0 spiro atoms. The maximum Gasteiger partial charge on any atom is 0.336 e. The molecule has 0 unspecified atom stereocenters. The van der Waals surface area contributed by atoms with Crippen molar-refractivity contribution < 1.29 is 9.90 Å². The van der Waals surface area contributed by atoms with E-state index in [1.807, 2.05) is 60.2 Å². The number of benzene rings is 2. The second-order valence-electron chi connectivity index (χ2n) is 5.51. The Bertz CT molecular complexity index is 927. The van der Waals surface area contributed by atoms with Gasteiger partial charge in [0.05, 0.1) is 11.3 Å². The number of rotatable bonds is 5. The van der Waals surface area contributed by atoms with E-state index in [4.69, 9.17) is 0 Å². The second-order valence-corrected chi connectivity index (χ2v) is 6.42. The smallest absolute Gasteiger partial charge is 0.336 e. The van der Waals surface area contributed by atoms with Gasteiger partial charge in [-0.05, 0) is 36.8 Å². The van der Waals surface area contributed by atoms with Crippen molar-refractivity contribution in [3.63, 3.8) is 0 Å². The van der Waals surface area contributed by atoms with E-state index in [0.29, 0.717) is 11.3 Å². The lowest BCUT2D eigenvalue weighted by molar-refractivity contribution is 0.0697. The van der Waals surface area contributed by atoms with Crippen LogP contribution in [-0.2, 0) is 6.54 Å². The molecule has 0 radical (unpaired) electrons. The van der Waals surface area contributed by atoms with E-state index < -0.39 is 5.97 Å². The molecule has 0 bridgehead atoms. The maximum atomic E-state index is 11.4. The van der Waals surface area contributed by atoms with Gasteiger partial charge in [-0.3, -0.25) is 0 Å². The van der Waals surface area contributed by atoms with Crippen molar-refractivity contribution >= 4 is 34.1 Å². The molecule has 0 aliphatic carbocycles. The number of aromatic nitrogens is 2. The van der Waals surface area contributed by atoms with Crippen molar-refractivity contribution in [2.75, 3.05) is 0 Å². The van der Waals surface area contributed by atoms with Crippen molar-refractivity contribution in [1.29, 1.82) is 0 Å². The van der Waals surface area contributed by atoms with Gasteiger partial charge in [0, 0.05) is 22.8 Å². The Morgan fingerprint density at radius 3 is 2.56 bits per heavy atom. The first-order valence-electron chi connectivity index (χ1n) is 7.92. The van der Waals surface area contributed by atoms with E-state index in [2.05, 4.69) is 20.9 Å². The van der Waals surface area contributed by atoms with E-state index in [-0.39, 0.29) is 5.56 Å². The Hall–Kier alpha value is -2.66. The number of aromatic carboxylic acids is 1. The molecule has 0 aliphatic rings. The van der Waals surface area contributed by atoms with Crippen molar-refractivity contribution in [3.8, 4) is 11.3 Å². The minimum atomic E-state index is -0.950. The summed E-state index contributed by atoms with van der Waals surface area (Å²) in [5.41, 5.74) is 2.61. The third-order valence-corrected chi connectivity index (χ3v) is 4.41. The Morgan fingerprint density at radius 2 is 1.88 bits per heavy atom. The van der Waals surface area contributed by atoms with Crippen molar-refractivity contribution in [3.05, 3.63) is 76.2 Å². The summed E-state index contributed by atoms with van der Waals surface area (Å²) in [4.78, 5) is 16.1. The Labute approximate surface area is 154 Å². The average Bonchev–Trinajstić information content (AvgIpc) is 3.04. The summed E-state index contributed by atoms with van der Waals surface area (Å²) in [7, 11) is 0. The van der Waals surface area contributed by atoms with Crippen LogP contribution in [0.3, 0.4) is 0 Å². The number of carboxylic acids is 1. The predicted octanol–water partition coefficient (Wildman–Crippen LogP) is 5.20. The monoisotopic (exact) mass is 396 g/mol. The topological polar surface area (TPSA) is 55.1 Å². The van der Waals surface area contributed by atoms with E-state index in [1.54, 1.807) is 18.2 Å². The number of carboxylic acid groups (broad SMARTS) is 1. The zero-order valence-electron chi connectivity index (χ0n) is 13.7. The summed E-state index contributed by atoms with van der Waals surface area (Å²) < 4.78 is 3.04. The maximum absolute atomic E-state index is 11.4. The first-order valence-corrected chi connectivity index (χ1v) is 8.71. The molecule has 1 aromatic heterocycles. The number of hydrogen-bond acceptors (Lipinski definition) is 2. The SMILES string of the molecule is CCn1cc(-c2ccccc2C(=O)O)nc1C=Cc1ccc(Br)cc1. The fourth-order valence-electron chi connectivity index (χ4n) is 2.58. The van der Waals surface area contributed by atoms with Crippen LogP contribution in [-0.4, -0.2) is 20.6 Å². The van der Waals surface area contributed by atoms with Gasteiger partial charge in [0.2, 0.25) is 0 Å². The molecule has 0 fully saturated rings. The third kappa shape index (κ3) is 3.88. The summed E-state index contributed by atoms with van der Waals surface area (Å²) in [5.74, 6) is -0.158. The number of nitrogens with zero attached hydrogens (tertiary/aromatic N) is 2. The minimum absolute atomic E-state index is 0.256. The largest absolute Gasteiger partial charge is 0.478 e. The van der Waals surface area contributed by atoms with Crippen LogP contribution in [0.15, 0.2) is 59.2 Å². The highest BCUT2D eigenvalue weighted by Gasteiger charge is 2.14. The number of carbonyl (C=O) groups is 1. The summed E-state index contributed by atoms with van der Waals surface area (Å²) in [6.45, 7) is 2.79. The van der Waals surface area contributed by atoms with E-state index >= 15 is 0 Å². The average molecular weight is 397 g/mol. The number of aryl methyl sites for hydroxylation is 1. The quantitative estimate of drug-likeness (QED) is 0.644. The standard InChI is InChI=1S/C20H17BrN2O2/c1-2-23-13-18(16-5-3-4-6-17(16)20(24)25)22-19(23)12-9-14-7-10-15(21)11-8-14/h3-13H,2H2,1H3,(H,24,25). The van der Waals surface area contributed by atoms with Crippen molar-refractivity contribution in [2.24, 2.45) is 0 Å². The fraction of sp³-hybridized carbons (Fsp3) is 0.100. The molecule has 126 valence electrons. The molecule has 5 heteroatoms. The van der Waals surface area contributed by atoms with Gasteiger partial charge in [0.15, 0.2) is 0 Å². The van der Waals surface area contributed by atoms with E-state index in [9.17, 15) is 9.90 Å². The highest BCUT2D eigenvalue weighted by Crippen LogP contribution is 2.24. The Balaban J connectivity index is 1.98. The van der Waals surface area contributed by atoms with Gasteiger partial charge in [-0.1, -0.05) is 52.3 Å². The van der Waals surface area contributed by atoms with Gasteiger partial charge >= 0.3 is 5.97 Å². The summed E-state index contributed by atoms with van der Waals surface area (Å²) in [6, 6.07) is 14.9. The highest BCUT2D eigenvalue weighted by atomic mass is 79.9. The first-order chi connectivity index (χ1) is 12.1. The van der Waals surface area contributed by atoms with Gasteiger partial charge in [-0.25, -0.2) is 9.78 Å². The van der Waals surface area contributed by atoms with Crippen LogP contribution in [0.4, 0.5) is 0 Å². The Morgan fingerprint density at radius 1 is 1.16 bits per heavy atom. The summed E-state index contributed by atoms with van der Waals surface area (Å²) in [6.07, 6.45) is 5.83. The molecule has 0 saturated heterocycles. The van der Waals surface area contributed by atoms with Crippen LogP contribution in [0.25, 0.3) is 23.4 Å². The second kappa shape index (κ2) is 7.49. The molecule has 25 heavy (non-hydrogen) atoms. The molecule has 1 N–H and O–H groups in total. The number of imidazole rings is 1. The van der Waals surface area contributed by atoms with Crippen LogP contribution in [0.2, 0.25) is 0 Å². The molecule has 4 nitrogen and oxygen atoms in total. The van der Waals surface area contributed by atoms with Gasteiger partial charge in [-0.2, -0.15) is 0 Å². The van der Waals surface area contributed by atoms with Gasteiger partial charge in [-0.15, -0.1) is 0 Å². The summed E-state index contributed by atoms with van der Waals surface area (Å²) >= 11 is 3.42. The van der Waals surface area contributed by atoms with Gasteiger partial charge < -0.3 is 9.67 Å². The molecule has 3 rings (SSSR count). The molecular formula is C20H17BrN2O2. The lowest BCUT2D eigenvalue weighted by atomic mass is 10.1. The van der Waals surface area contributed by atoms with Crippen LogP contribution >= 0.6 is 15.9 Å². The predicted molar refractivity (Wildman–Crippen MR) is 103 cm³/mol. The molecule has 0 saturated carbocycles. The first kappa shape index (κ1) is 17.2. The molecule has 2 aromatic carbocycles. The highest BCUT2D eigenvalue weighted by molar-refractivity contribution is 9.10.